The molecule has 2 fully saturated rings. The van der Waals surface area contributed by atoms with Crippen molar-refractivity contribution in [3.05, 3.63) is 20.8 Å². The quantitative estimate of drug-likeness (QED) is 0.898. The Morgan fingerprint density at radius 1 is 1.44 bits per heavy atom. The standard InChI is InChI=1S/C14H21BrN2S/c1-9(14-5-11(15)8-18-14)17-6-10-3-2-4-13(16)12(10)7-17/h5,8-10,12-13H,2-4,6-7,16H2,1H3. The predicted molar refractivity (Wildman–Crippen MR) is 80.8 cm³/mol. The molecule has 2 N–H and O–H groups in total. The summed E-state index contributed by atoms with van der Waals surface area (Å²) in [6.45, 7) is 4.78. The highest BCUT2D eigenvalue weighted by molar-refractivity contribution is 9.10. The molecule has 18 heavy (non-hydrogen) atoms. The monoisotopic (exact) mass is 328 g/mol. The van der Waals surface area contributed by atoms with E-state index in [2.05, 4.69) is 39.2 Å². The summed E-state index contributed by atoms with van der Waals surface area (Å²) in [7, 11) is 0. The van der Waals surface area contributed by atoms with Gasteiger partial charge in [0.2, 0.25) is 0 Å². The molecule has 1 aliphatic carbocycles. The lowest BCUT2D eigenvalue weighted by atomic mass is 9.78. The van der Waals surface area contributed by atoms with Gasteiger partial charge in [-0.1, -0.05) is 6.42 Å². The van der Waals surface area contributed by atoms with Gasteiger partial charge in [0.15, 0.2) is 0 Å². The number of nitrogens with zero attached hydrogens (tertiary/aromatic N) is 1. The number of rotatable bonds is 2. The molecular formula is C14H21BrN2S. The van der Waals surface area contributed by atoms with E-state index in [0.29, 0.717) is 12.1 Å². The van der Waals surface area contributed by atoms with Crippen LogP contribution in [-0.4, -0.2) is 24.0 Å². The van der Waals surface area contributed by atoms with Gasteiger partial charge in [0.1, 0.15) is 0 Å². The van der Waals surface area contributed by atoms with E-state index in [4.69, 9.17) is 5.73 Å². The highest BCUT2D eigenvalue weighted by Crippen LogP contribution is 2.40. The Hall–Kier alpha value is 0.1000. The molecule has 4 unspecified atom stereocenters. The second kappa shape index (κ2) is 5.23. The van der Waals surface area contributed by atoms with Crippen molar-refractivity contribution in [3.63, 3.8) is 0 Å². The number of fused-ring (bicyclic) bond motifs is 1. The Bertz CT molecular complexity index is 420. The molecule has 1 aromatic heterocycles. The first-order chi connectivity index (χ1) is 8.65. The molecule has 1 aromatic rings. The van der Waals surface area contributed by atoms with Crippen molar-refractivity contribution in [2.75, 3.05) is 13.1 Å². The zero-order valence-corrected chi connectivity index (χ0v) is 13.2. The van der Waals surface area contributed by atoms with Gasteiger partial charge in [-0.2, -0.15) is 0 Å². The summed E-state index contributed by atoms with van der Waals surface area (Å²) >= 11 is 5.41. The van der Waals surface area contributed by atoms with E-state index in [1.54, 1.807) is 0 Å². The molecule has 3 rings (SSSR count). The topological polar surface area (TPSA) is 29.3 Å². The van der Waals surface area contributed by atoms with Crippen LogP contribution in [0.5, 0.6) is 0 Å². The summed E-state index contributed by atoms with van der Waals surface area (Å²) in [5.74, 6) is 1.59. The first-order valence-corrected chi connectivity index (χ1v) is 8.56. The van der Waals surface area contributed by atoms with E-state index in [0.717, 1.165) is 11.8 Å². The highest BCUT2D eigenvalue weighted by Gasteiger charge is 2.40. The molecule has 100 valence electrons. The van der Waals surface area contributed by atoms with Gasteiger partial charge >= 0.3 is 0 Å². The molecule has 2 heterocycles. The summed E-state index contributed by atoms with van der Waals surface area (Å²) in [4.78, 5) is 4.10. The smallest absolute Gasteiger partial charge is 0.0413 e. The van der Waals surface area contributed by atoms with Crippen molar-refractivity contribution < 1.29 is 0 Å². The molecule has 0 radical (unpaired) electrons. The summed E-state index contributed by atoms with van der Waals surface area (Å²) in [5, 5.41) is 2.18. The Labute approximate surface area is 122 Å². The first-order valence-electron chi connectivity index (χ1n) is 6.88. The second-order valence-electron chi connectivity index (χ2n) is 5.82. The molecule has 1 saturated carbocycles. The maximum atomic E-state index is 6.29. The molecule has 0 aromatic carbocycles. The van der Waals surface area contributed by atoms with Crippen molar-refractivity contribution in [2.45, 2.75) is 38.3 Å². The molecular weight excluding hydrogens is 308 g/mol. The molecule has 4 atom stereocenters. The van der Waals surface area contributed by atoms with Gasteiger partial charge in [0.25, 0.3) is 0 Å². The zero-order valence-electron chi connectivity index (χ0n) is 10.8. The maximum Gasteiger partial charge on any atom is 0.0413 e. The van der Waals surface area contributed by atoms with Crippen molar-refractivity contribution in [3.8, 4) is 0 Å². The SMILES string of the molecule is CC(c1cc(Br)cs1)N1CC2CCCC(N)C2C1. The average molecular weight is 329 g/mol. The molecule has 0 amide bonds. The second-order valence-corrected chi connectivity index (χ2v) is 7.67. The Morgan fingerprint density at radius 2 is 2.28 bits per heavy atom. The number of hydrogen-bond acceptors (Lipinski definition) is 3. The number of halogens is 1. The van der Waals surface area contributed by atoms with Crippen LogP contribution >= 0.6 is 27.3 Å². The van der Waals surface area contributed by atoms with Crippen LogP contribution in [0.15, 0.2) is 15.9 Å². The zero-order chi connectivity index (χ0) is 12.7. The van der Waals surface area contributed by atoms with Gasteiger partial charge in [0.05, 0.1) is 0 Å². The van der Waals surface area contributed by atoms with Crippen LogP contribution in [0, 0.1) is 11.8 Å². The minimum absolute atomic E-state index is 0.441. The lowest BCUT2D eigenvalue weighted by molar-refractivity contribution is 0.247. The van der Waals surface area contributed by atoms with E-state index >= 15 is 0 Å². The van der Waals surface area contributed by atoms with E-state index in [1.165, 1.54) is 41.7 Å². The fraction of sp³-hybridized carbons (Fsp3) is 0.714. The fourth-order valence-corrected chi connectivity index (χ4v) is 5.13. The number of hydrogen-bond donors (Lipinski definition) is 1. The highest BCUT2D eigenvalue weighted by atomic mass is 79.9. The van der Waals surface area contributed by atoms with Crippen LogP contribution in [0.4, 0.5) is 0 Å². The summed E-state index contributed by atoms with van der Waals surface area (Å²) in [5.41, 5.74) is 6.29. The van der Waals surface area contributed by atoms with Crippen LogP contribution < -0.4 is 5.73 Å². The summed E-state index contributed by atoms with van der Waals surface area (Å²) in [6.07, 6.45) is 3.94. The van der Waals surface area contributed by atoms with Gasteiger partial charge < -0.3 is 5.73 Å². The van der Waals surface area contributed by atoms with Crippen LogP contribution in [0.1, 0.15) is 37.1 Å². The largest absolute Gasteiger partial charge is 0.327 e. The third-order valence-electron chi connectivity index (χ3n) is 4.73. The van der Waals surface area contributed by atoms with Crippen LogP contribution in [0.3, 0.4) is 0 Å². The lowest BCUT2D eigenvalue weighted by Gasteiger charge is -2.30. The molecule has 1 aliphatic heterocycles. The van der Waals surface area contributed by atoms with Gasteiger partial charge in [-0.05, 0) is 53.6 Å². The minimum Gasteiger partial charge on any atom is -0.327 e. The fourth-order valence-electron chi connectivity index (χ4n) is 3.59. The van der Waals surface area contributed by atoms with E-state index in [1.807, 2.05) is 11.3 Å². The number of likely N-dealkylation sites (tertiary alicyclic amines) is 1. The molecule has 4 heteroatoms. The Balaban J connectivity index is 1.71. The molecule has 1 saturated heterocycles. The van der Waals surface area contributed by atoms with E-state index < -0.39 is 0 Å². The lowest BCUT2D eigenvalue weighted by Crippen LogP contribution is -2.38. The average Bonchev–Trinajstić information content (AvgIpc) is 2.95. The third kappa shape index (κ3) is 2.40. The molecule has 0 bridgehead atoms. The van der Waals surface area contributed by atoms with Gasteiger partial charge in [-0.3, -0.25) is 4.90 Å². The predicted octanol–water partition coefficient (Wildman–Crippen LogP) is 3.63. The maximum absolute atomic E-state index is 6.29. The van der Waals surface area contributed by atoms with Gasteiger partial charge in [0, 0.05) is 39.9 Å². The first kappa shape index (κ1) is 13.1. The normalized spacial score (nSPS) is 34.5. The van der Waals surface area contributed by atoms with Crippen molar-refractivity contribution >= 4 is 27.3 Å². The third-order valence-corrected chi connectivity index (χ3v) is 6.59. The van der Waals surface area contributed by atoms with E-state index in [9.17, 15) is 0 Å². The van der Waals surface area contributed by atoms with E-state index in [-0.39, 0.29) is 0 Å². The Morgan fingerprint density at radius 3 is 2.94 bits per heavy atom. The minimum atomic E-state index is 0.441. The van der Waals surface area contributed by atoms with Crippen molar-refractivity contribution in [2.24, 2.45) is 17.6 Å². The molecule has 0 spiro atoms. The molecule has 2 nitrogen and oxygen atoms in total. The van der Waals surface area contributed by atoms with Gasteiger partial charge in [-0.25, -0.2) is 0 Å². The Kier molecular flexibility index (Phi) is 3.81. The van der Waals surface area contributed by atoms with Crippen LogP contribution in [-0.2, 0) is 0 Å². The molecule has 2 aliphatic rings. The summed E-state index contributed by atoms with van der Waals surface area (Å²) < 4.78 is 1.21. The van der Waals surface area contributed by atoms with Crippen LogP contribution in [0.25, 0.3) is 0 Å². The van der Waals surface area contributed by atoms with Gasteiger partial charge in [-0.15, -0.1) is 11.3 Å². The van der Waals surface area contributed by atoms with Crippen molar-refractivity contribution in [1.82, 2.24) is 4.90 Å². The summed E-state index contributed by atoms with van der Waals surface area (Å²) in [6, 6.07) is 3.24. The number of thiophene rings is 1. The van der Waals surface area contributed by atoms with Crippen LogP contribution in [0.2, 0.25) is 0 Å². The van der Waals surface area contributed by atoms with Crippen molar-refractivity contribution in [1.29, 1.82) is 0 Å². The number of nitrogens with two attached hydrogens (primary N) is 1.